The minimum Gasteiger partial charge on any atom is -0.497 e. The summed E-state index contributed by atoms with van der Waals surface area (Å²) in [5.74, 6) is -0.379. The van der Waals surface area contributed by atoms with Crippen molar-refractivity contribution in [2.45, 2.75) is 63.6 Å². The molecule has 3 aromatic carbocycles. The van der Waals surface area contributed by atoms with Gasteiger partial charge in [-0.25, -0.2) is 12.8 Å². The minimum absolute atomic E-state index is 0.0131. The van der Waals surface area contributed by atoms with Crippen LogP contribution in [0.5, 0.6) is 5.75 Å². The van der Waals surface area contributed by atoms with E-state index in [4.69, 9.17) is 4.74 Å². The smallest absolute Gasteiger partial charge is 0.243 e. The van der Waals surface area contributed by atoms with Gasteiger partial charge in [-0.05, 0) is 54.7 Å². The lowest BCUT2D eigenvalue weighted by Crippen LogP contribution is -2.52. The summed E-state index contributed by atoms with van der Waals surface area (Å²) in [6.45, 7) is 0.181. The summed E-state index contributed by atoms with van der Waals surface area (Å²) in [4.78, 5) is 29.3. The van der Waals surface area contributed by atoms with Gasteiger partial charge in [0.15, 0.2) is 0 Å². The summed E-state index contributed by atoms with van der Waals surface area (Å²) in [5.41, 5.74) is 2.04. The third-order valence-electron chi connectivity index (χ3n) is 7.73. The van der Waals surface area contributed by atoms with E-state index >= 15 is 0 Å². The van der Waals surface area contributed by atoms with Crippen molar-refractivity contribution in [3.63, 3.8) is 0 Å². The third-order valence-corrected chi connectivity index (χ3v) is 8.93. The van der Waals surface area contributed by atoms with E-state index in [9.17, 15) is 22.4 Å². The van der Waals surface area contributed by atoms with E-state index < -0.39 is 16.1 Å². The van der Waals surface area contributed by atoms with Gasteiger partial charge < -0.3 is 15.0 Å². The molecule has 0 spiro atoms. The van der Waals surface area contributed by atoms with Crippen LogP contribution in [0.15, 0.2) is 78.9 Å². The fourth-order valence-corrected chi connectivity index (χ4v) is 6.43. The fraction of sp³-hybridized carbons (Fsp3) is 0.394. The van der Waals surface area contributed by atoms with Gasteiger partial charge in [0, 0.05) is 38.0 Å². The molecule has 43 heavy (non-hydrogen) atoms. The van der Waals surface area contributed by atoms with Crippen LogP contribution in [0.25, 0.3) is 0 Å². The van der Waals surface area contributed by atoms with Gasteiger partial charge in [0.1, 0.15) is 17.6 Å². The van der Waals surface area contributed by atoms with Gasteiger partial charge in [-0.3, -0.25) is 13.9 Å². The zero-order chi connectivity index (χ0) is 30.8. The first-order valence-corrected chi connectivity index (χ1v) is 16.5. The van der Waals surface area contributed by atoms with Crippen LogP contribution in [0.4, 0.5) is 10.1 Å². The molecule has 1 aliphatic carbocycles. The van der Waals surface area contributed by atoms with Crippen molar-refractivity contribution in [3.8, 4) is 5.75 Å². The molecule has 0 radical (unpaired) electrons. The molecular weight excluding hydrogens is 569 g/mol. The maximum Gasteiger partial charge on any atom is 0.243 e. The second-order valence-electron chi connectivity index (χ2n) is 11.0. The monoisotopic (exact) mass is 609 g/mol. The summed E-state index contributed by atoms with van der Waals surface area (Å²) in [6.07, 6.45) is 5.59. The second-order valence-corrected chi connectivity index (χ2v) is 12.9. The molecule has 0 saturated heterocycles. The highest BCUT2D eigenvalue weighted by Crippen LogP contribution is 2.25. The molecular formula is C33H40FN3O5S. The number of sulfonamides is 1. The Bertz CT molecular complexity index is 1460. The number of amides is 2. The van der Waals surface area contributed by atoms with Crippen molar-refractivity contribution >= 4 is 27.5 Å². The van der Waals surface area contributed by atoms with Gasteiger partial charge >= 0.3 is 0 Å². The Morgan fingerprint density at radius 1 is 0.977 bits per heavy atom. The van der Waals surface area contributed by atoms with Crippen LogP contribution in [-0.4, -0.2) is 57.1 Å². The molecule has 2 amide bonds. The lowest BCUT2D eigenvalue weighted by molar-refractivity contribution is -0.141. The summed E-state index contributed by atoms with van der Waals surface area (Å²) in [5, 5.41) is 3.16. The highest BCUT2D eigenvalue weighted by atomic mass is 32.2. The predicted molar refractivity (Wildman–Crippen MR) is 166 cm³/mol. The van der Waals surface area contributed by atoms with E-state index in [2.05, 4.69) is 5.32 Å². The number of halogens is 1. The topological polar surface area (TPSA) is 96.0 Å². The molecule has 0 heterocycles. The Labute approximate surface area is 253 Å². The molecule has 1 aliphatic rings. The van der Waals surface area contributed by atoms with Crippen LogP contribution in [0.3, 0.4) is 0 Å². The van der Waals surface area contributed by atoms with Crippen LogP contribution in [0.2, 0.25) is 0 Å². The average molecular weight is 610 g/mol. The number of ether oxygens (including phenoxy) is 1. The first kappa shape index (κ1) is 32.0. The lowest BCUT2D eigenvalue weighted by atomic mass is 10.0. The number of hydrogen-bond acceptors (Lipinski definition) is 5. The molecule has 4 rings (SSSR count). The predicted octanol–water partition coefficient (Wildman–Crippen LogP) is 5.08. The van der Waals surface area contributed by atoms with Crippen molar-refractivity contribution in [2.24, 2.45) is 0 Å². The summed E-state index contributed by atoms with van der Waals surface area (Å²) in [7, 11) is -2.14. The molecule has 1 saturated carbocycles. The van der Waals surface area contributed by atoms with E-state index in [0.717, 1.165) is 37.5 Å². The standard InChI is InChI=1S/C33H40FN3O5S/c1-42-30-15-8-14-29(23-30)37(43(2,40)41)21-9-16-32(38)36(24-26-17-19-27(34)20-18-26)31(22-25-10-4-3-5-11-25)33(39)35-28-12-6-7-13-28/h3-5,8,10-11,14-15,17-20,23,28,31H,6-7,9,12-13,16,21-22,24H2,1-2H3,(H,35,39). The molecule has 3 aromatic rings. The van der Waals surface area contributed by atoms with E-state index in [1.54, 1.807) is 41.3 Å². The Kier molecular flexibility index (Phi) is 11.2. The number of rotatable bonds is 14. The maximum absolute atomic E-state index is 13.9. The fourth-order valence-electron chi connectivity index (χ4n) is 5.48. The Morgan fingerprint density at radius 2 is 1.67 bits per heavy atom. The van der Waals surface area contributed by atoms with Crippen LogP contribution >= 0.6 is 0 Å². The van der Waals surface area contributed by atoms with E-state index in [1.807, 2.05) is 30.3 Å². The van der Waals surface area contributed by atoms with E-state index in [1.165, 1.54) is 23.5 Å². The quantitative estimate of drug-likeness (QED) is 0.275. The van der Waals surface area contributed by atoms with Crippen LogP contribution in [0, 0.1) is 5.82 Å². The molecule has 0 aromatic heterocycles. The summed E-state index contributed by atoms with van der Waals surface area (Å²) in [6, 6.07) is 21.4. The van der Waals surface area contributed by atoms with Crippen LogP contribution in [0.1, 0.15) is 49.7 Å². The SMILES string of the molecule is COc1cccc(N(CCCC(=O)N(Cc2ccc(F)cc2)C(Cc2ccccc2)C(=O)NC2CCCC2)S(C)(=O)=O)c1. The molecule has 1 atom stereocenters. The van der Waals surface area contributed by atoms with Crippen molar-refractivity contribution in [1.29, 1.82) is 0 Å². The van der Waals surface area contributed by atoms with Crippen LogP contribution in [-0.2, 0) is 32.6 Å². The van der Waals surface area contributed by atoms with Gasteiger partial charge in [0.2, 0.25) is 21.8 Å². The number of carbonyl (C=O) groups is 2. The molecule has 1 unspecified atom stereocenters. The maximum atomic E-state index is 13.9. The van der Waals surface area contributed by atoms with Crippen molar-refractivity contribution < 1.29 is 27.1 Å². The molecule has 0 bridgehead atoms. The van der Waals surface area contributed by atoms with E-state index in [-0.39, 0.29) is 49.6 Å². The first-order valence-electron chi connectivity index (χ1n) is 14.6. The zero-order valence-electron chi connectivity index (χ0n) is 24.7. The average Bonchev–Trinajstić information content (AvgIpc) is 3.51. The Hall–Kier alpha value is -3.92. The van der Waals surface area contributed by atoms with Gasteiger partial charge in [-0.1, -0.05) is 61.4 Å². The Morgan fingerprint density at radius 3 is 2.33 bits per heavy atom. The Balaban J connectivity index is 1.58. The number of carbonyl (C=O) groups excluding carboxylic acids is 2. The normalized spacial score (nSPS) is 14.2. The molecule has 230 valence electrons. The highest BCUT2D eigenvalue weighted by Gasteiger charge is 2.32. The first-order chi connectivity index (χ1) is 20.6. The second kappa shape index (κ2) is 15.0. The molecule has 1 N–H and O–H groups in total. The summed E-state index contributed by atoms with van der Waals surface area (Å²) >= 11 is 0. The third kappa shape index (κ3) is 9.28. The van der Waals surface area contributed by atoms with Gasteiger partial charge in [-0.15, -0.1) is 0 Å². The lowest BCUT2D eigenvalue weighted by Gasteiger charge is -2.33. The van der Waals surface area contributed by atoms with E-state index in [0.29, 0.717) is 23.4 Å². The number of nitrogens with zero attached hydrogens (tertiary/aromatic N) is 2. The van der Waals surface area contributed by atoms with Gasteiger partial charge in [0.05, 0.1) is 19.1 Å². The zero-order valence-corrected chi connectivity index (χ0v) is 25.6. The van der Waals surface area contributed by atoms with Crippen LogP contribution < -0.4 is 14.4 Å². The summed E-state index contributed by atoms with van der Waals surface area (Å²) < 4.78 is 45.6. The number of hydrogen-bond donors (Lipinski definition) is 1. The number of benzene rings is 3. The number of nitrogens with one attached hydrogen (secondary N) is 1. The molecule has 8 nitrogen and oxygen atoms in total. The van der Waals surface area contributed by atoms with Gasteiger partial charge in [0.25, 0.3) is 0 Å². The molecule has 1 fully saturated rings. The van der Waals surface area contributed by atoms with Crippen molar-refractivity contribution in [2.75, 3.05) is 24.2 Å². The molecule has 0 aliphatic heterocycles. The van der Waals surface area contributed by atoms with Gasteiger partial charge in [-0.2, -0.15) is 0 Å². The number of methoxy groups -OCH3 is 1. The van der Waals surface area contributed by atoms with Crippen molar-refractivity contribution in [3.05, 3.63) is 95.8 Å². The largest absolute Gasteiger partial charge is 0.497 e. The highest BCUT2D eigenvalue weighted by molar-refractivity contribution is 7.92. The van der Waals surface area contributed by atoms with Crippen molar-refractivity contribution in [1.82, 2.24) is 10.2 Å². The minimum atomic E-state index is -3.64. The number of anilines is 1. The molecule has 10 heteroatoms.